The molecule has 0 aliphatic carbocycles. The Labute approximate surface area is 184 Å². The average Bonchev–Trinajstić information content (AvgIpc) is 2.74. The highest BCUT2D eigenvalue weighted by Gasteiger charge is 2.34. The second kappa shape index (κ2) is 9.26. The Morgan fingerprint density at radius 3 is 2.39 bits per heavy atom. The van der Waals surface area contributed by atoms with Crippen molar-refractivity contribution in [2.24, 2.45) is 0 Å². The van der Waals surface area contributed by atoms with E-state index in [0.717, 1.165) is 5.69 Å². The molecule has 1 aromatic carbocycles. The van der Waals surface area contributed by atoms with Crippen molar-refractivity contribution in [3.8, 4) is 11.8 Å². The number of hydrogen-bond donors (Lipinski definition) is 2. The second-order valence-corrected chi connectivity index (χ2v) is 11.4. The summed E-state index contributed by atoms with van der Waals surface area (Å²) >= 11 is 0. The third-order valence-electron chi connectivity index (χ3n) is 5.09. The van der Waals surface area contributed by atoms with Crippen LogP contribution in [0.1, 0.15) is 20.3 Å². The summed E-state index contributed by atoms with van der Waals surface area (Å²) in [5, 5.41) is 0. The van der Waals surface area contributed by atoms with E-state index in [-0.39, 0.29) is 23.3 Å². The summed E-state index contributed by atoms with van der Waals surface area (Å²) in [5.74, 6) is 6.58. The van der Waals surface area contributed by atoms with Gasteiger partial charge in [0.1, 0.15) is 16.8 Å². The molecule has 2 atom stereocenters. The van der Waals surface area contributed by atoms with Crippen LogP contribution in [0, 0.1) is 16.6 Å². The van der Waals surface area contributed by atoms with Crippen molar-refractivity contribution in [3.63, 3.8) is 0 Å². The van der Waals surface area contributed by atoms with Crippen molar-refractivity contribution in [3.05, 3.63) is 42.6 Å². The molecule has 1 fully saturated rings. The van der Waals surface area contributed by atoms with Crippen molar-refractivity contribution in [2.45, 2.75) is 36.1 Å². The highest BCUT2D eigenvalue weighted by atomic mass is 32.2. The van der Waals surface area contributed by atoms with Crippen LogP contribution in [-0.2, 0) is 19.8 Å². The molecule has 0 unspecified atom stereocenters. The molecule has 31 heavy (non-hydrogen) atoms. The van der Waals surface area contributed by atoms with E-state index in [0.29, 0.717) is 30.2 Å². The number of pyridine rings is 1. The summed E-state index contributed by atoms with van der Waals surface area (Å²) in [6.45, 7) is 4.58. The topological polar surface area (TPSA) is 120 Å². The zero-order chi connectivity index (χ0) is 22.6. The monoisotopic (exact) mass is 461 g/mol. The van der Waals surface area contributed by atoms with Crippen molar-refractivity contribution in [1.29, 1.82) is 4.78 Å². The smallest absolute Gasteiger partial charge is 0.244 e. The Bertz CT molecular complexity index is 1180. The van der Waals surface area contributed by atoms with Crippen LogP contribution in [0.3, 0.4) is 0 Å². The summed E-state index contributed by atoms with van der Waals surface area (Å²) in [6, 6.07) is 9.70. The largest absolute Gasteiger partial charge is 0.384 e. The molecule has 8 nitrogen and oxygen atoms in total. The van der Waals surface area contributed by atoms with Gasteiger partial charge in [-0.05, 0) is 49.7 Å². The van der Waals surface area contributed by atoms with Gasteiger partial charge in [-0.25, -0.2) is 22.4 Å². The number of piperazine rings is 1. The van der Waals surface area contributed by atoms with Crippen LogP contribution in [0.2, 0.25) is 0 Å². The molecule has 1 aromatic heterocycles. The van der Waals surface area contributed by atoms with Gasteiger partial charge in [0.2, 0.25) is 10.0 Å². The molecule has 2 aromatic rings. The summed E-state index contributed by atoms with van der Waals surface area (Å²) in [5.41, 5.74) is 6.43. The number of benzene rings is 1. The maximum Gasteiger partial charge on any atom is 0.244 e. The van der Waals surface area contributed by atoms with Crippen molar-refractivity contribution >= 4 is 31.3 Å². The molecule has 0 radical (unpaired) electrons. The van der Waals surface area contributed by atoms with E-state index in [1.54, 1.807) is 19.1 Å². The van der Waals surface area contributed by atoms with E-state index in [1.165, 1.54) is 22.6 Å². The number of sulfonamides is 1. The number of nitrogens with one attached hydrogen (secondary N) is 1. The number of nitrogens with two attached hydrogens (primary N) is 1. The van der Waals surface area contributed by atoms with E-state index >= 15 is 0 Å². The molecular formula is C21H27N5O3S2. The molecule has 0 amide bonds. The van der Waals surface area contributed by atoms with Crippen LogP contribution >= 0.6 is 0 Å². The fraction of sp³-hybridized carbons (Fsp3) is 0.381. The van der Waals surface area contributed by atoms with Gasteiger partial charge in [0.05, 0.1) is 9.73 Å². The number of nitrogens with zero attached hydrogens (tertiary/aromatic N) is 3. The van der Waals surface area contributed by atoms with E-state index in [9.17, 15) is 12.6 Å². The molecule has 1 aliphatic heterocycles. The first-order valence-electron chi connectivity index (χ1n) is 9.96. The lowest BCUT2D eigenvalue weighted by molar-refractivity contribution is 0.360. The van der Waals surface area contributed by atoms with E-state index < -0.39 is 19.8 Å². The maximum atomic E-state index is 13.0. The lowest BCUT2D eigenvalue weighted by Crippen LogP contribution is -2.54. The Balaban J connectivity index is 1.83. The van der Waals surface area contributed by atoms with Gasteiger partial charge in [-0.1, -0.05) is 12.8 Å². The van der Waals surface area contributed by atoms with Gasteiger partial charge < -0.3 is 10.6 Å². The highest BCUT2D eigenvalue weighted by molar-refractivity contribution is 7.92. The predicted octanol–water partition coefficient (Wildman–Crippen LogP) is 2.38. The minimum atomic E-state index is -3.71. The third-order valence-corrected chi connectivity index (χ3v) is 8.96. The Morgan fingerprint density at radius 2 is 1.81 bits per heavy atom. The zero-order valence-electron chi connectivity index (χ0n) is 17.6. The lowest BCUT2D eigenvalue weighted by atomic mass is 10.1. The van der Waals surface area contributed by atoms with Gasteiger partial charge in [0.15, 0.2) is 0 Å². The SMILES string of the molecule is CC#C[C@H]1CN(S(=O)(=O)c2ccc(N)nc2)CCN1c1ccc([S@](=N)(=O)CCC)cc1. The molecule has 0 bridgehead atoms. The summed E-state index contributed by atoms with van der Waals surface area (Å²) < 4.78 is 48.1. The molecular weight excluding hydrogens is 434 g/mol. The molecule has 10 heteroatoms. The second-order valence-electron chi connectivity index (χ2n) is 7.26. The molecule has 3 N–H and O–H groups in total. The lowest BCUT2D eigenvalue weighted by Gasteiger charge is -2.39. The number of hydrogen-bond acceptors (Lipinski definition) is 7. The first-order valence-corrected chi connectivity index (χ1v) is 13.1. The van der Waals surface area contributed by atoms with Crippen molar-refractivity contribution < 1.29 is 12.6 Å². The van der Waals surface area contributed by atoms with Crippen molar-refractivity contribution in [1.82, 2.24) is 9.29 Å². The predicted molar refractivity (Wildman–Crippen MR) is 123 cm³/mol. The standard InChI is InChI=1S/C21H27N5O3S2/c1-3-5-18-16-25(31(28,29)20-10-11-21(22)24-15-20)12-13-26(18)17-6-8-19(9-7-17)30(23,27)14-4-2/h6-11,15,18,23H,4,12-14,16H2,1-2H3,(H2,22,24)/t18-,30+/m0/s1. The van der Waals surface area contributed by atoms with Gasteiger partial charge in [0, 0.05) is 42.2 Å². The van der Waals surface area contributed by atoms with Crippen LogP contribution in [0.15, 0.2) is 52.4 Å². The van der Waals surface area contributed by atoms with Gasteiger partial charge in [-0.15, -0.1) is 5.92 Å². The Hall–Kier alpha value is -2.61. The molecule has 2 heterocycles. The number of anilines is 2. The average molecular weight is 462 g/mol. The minimum absolute atomic E-state index is 0.101. The van der Waals surface area contributed by atoms with E-state index in [4.69, 9.17) is 10.5 Å². The molecule has 3 rings (SSSR count). The minimum Gasteiger partial charge on any atom is -0.384 e. The highest BCUT2D eigenvalue weighted by Crippen LogP contribution is 2.26. The zero-order valence-corrected chi connectivity index (χ0v) is 19.2. The molecule has 1 aliphatic rings. The fourth-order valence-electron chi connectivity index (χ4n) is 3.53. The summed E-state index contributed by atoms with van der Waals surface area (Å²) in [6.07, 6.45) is 1.95. The molecule has 0 spiro atoms. The number of rotatable bonds is 6. The van der Waals surface area contributed by atoms with Gasteiger partial charge >= 0.3 is 0 Å². The maximum absolute atomic E-state index is 13.0. The quantitative estimate of drug-likeness (QED) is 0.637. The third kappa shape index (κ3) is 5.01. The van der Waals surface area contributed by atoms with Crippen LogP contribution in [0.4, 0.5) is 11.5 Å². The van der Waals surface area contributed by atoms with Gasteiger partial charge in [-0.3, -0.25) is 0 Å². The first kappa shape index (κ1) is 23.1. The van der Waals surface area contributed by atoms with Gasteiger partial charge in [-0.2, -0.15) is 4.31 Å². The summed E-state index contributed by atoms with van der Waals surface area (Å²) in [4.78, 5) is 6.54. The van der Waals surface area contributed by atoms with E-state index in [2.05, 4.69) is 16.8 Å². The Morgan fingerprint density at radius 1 is 1.13 bits per heavy atom. The normalized spacial score (nSPS) is 19.3. The van der Waals surface area contributed by atoms with E-state index in [1.807, 2.05) is 24.0 Å². The number of aromatic nitrogens is 1. The summed E-state index contributed by atoms with van der Waals surface area (Å²) in [7, 11) is -6.50. The molecule has 166 valence electrons. The van der Waals surface area contributed by atoms with Crippen LogP contribution in [-0.4, -0.2) is 53.3 Å². The molecule has 0 saturated carbocycles. The Kier molecular flexibility index (Phi) is 6.89. The molecule has 1 saturated heterocycles. The van der Waals surface area contributed by atoms with Gasteiger partial charge in [0.25, 0.3) is 0 Å². The van der Waals surface area contributed by atoms with Crippen molar-refractivity contribution in [2.75, 3.05) is 36.0 Å². The number of nitrogen functional groups attached to an aromatic ring is 1. The fourth-order valence-corrected chi connectivity index (χ4v) is 6.30. The van der Waals surface area contributed by atoms with Crippen LogP contribution in [0.5, 0.6) is 0 Å². The van der Waals surface area contributed by atoms with Crippen LogP contribution < -0.4 is 10.6 Å². The first-order chi connectivity index (χ1) is 14.7. The van der Waals surface area contributed by atoms with Crippen LogP contribution in [0.25, 0.3) is 0 Å².